The topological polar surface area (TPSA) is 58.1 Å². The van der Waals surface area contributed by atoms with E-state index in [9.17, 15) is 4.79 Å². The predicted molar refractivity (Wildman–Crippen MR) is 96.0 cm³/mol. The van der Waals surface area contributed by atoms with Gasteiger partial charge in [0, 0.05) is 30.9 Å². The second-order valence-corrected chi connectivity index (χ2v) is 7.18. The van der Waals surface area contributed by atoms with Crippen molar-refractivity contribution in [1.82, 2.24) is 20.2 Å². The van der Waals surface area contributed by atoms with E-state index in [-0.39, 0.29) is 6.03 Å². The standard InChI is InChI=1S/C18H24N4OS/c1-2-17-21-16(13-24-17)12-20-18(23)22-8-5-14(6-9-22)10-15-4-3-7-19-11-15/h3-4,7,11,13-14H,2,5-6,8-10,12H2,1H3,(H,20,23). The number of urea groups is 1. The summed E-state index contributed by atoms with van der Waals surface area (Å²) in [5.74, 6) is 0.643. The number of hydrogen-bond donors (Lipinski definition) is 1. The Hall–Kier alpha value is -1.95. The Balaban J connectivity index is 1.41. The summed E-state index contributed by atoms with van der Waals surface area (Å²) in [7, 11) is 0. The third kappa shape index (κ3) is 4.54. The molecule has 0 saturated carbocycles. The average Bonchev–Trinajstić information content (AvgIpc) is 3.09. The molecule has 0 radical (unpaired) electrons. The van der Waals surface area contributed by atoms with Crippen molar-refractivity contribution in [1.29, 1.82) is 0 Å². The molecule has 0 aromatic carbocycles. The fourth-order valence-electron chi connectivity index (χ4n) is 3.06. The summed E-state index contributed by atoms with van der Waals surface area (Å²) >= 11 is 1.66. The van der Waals surface area contributed by atoms with Gasteiger partial charge in [-0.25, -0.2) is 9.78 Å². The number of aromatic nitrogens is 2. The summed E-state index contributed by atoms with van der Waals surface area (Å²) in [5, 5.41) is 6.14. The molecule has 2 amide bonds. The van der Waals surface area contributed by atoms with Crippen molar-refractivity contribution in [2.45, 2.75) is 39.2 Å². The lowest BCUT2D eigenvalue weighted by molar-refractivity contribution is 0.170. The van der Waals surface area contributed by atoms with Gasteiger partial charge in [0.2, 0.25) is 0 Å². The van der Waals surface area contributed by atoms with E-state index in [4.69, 9.17) is 0 Å². The van der Waals surface area contributed by atoms with Crippen LogP contribution in [0.2, 0.25) is 0 Å². The number of likely N-dealkylation sites (tertiary alicyclic amines) is 1. The van der Waals surface area contributed by atoms with Gasteiger partial charge in [0.1, 0.15) is 0 Å². The van der Waals surface area contributed by atoms with Crippen LogP contribution in [0.15, 0.2) is 29.9 Å². The van der Waals surface area contributed by atoms with Crippen LogP contribution in [-0.4, -0.2) is 34.0 Å². The molecule has 2 aromatic heterocycles. The Bertz CT molecular complexity index is 650. The Morgan fingerprint density at radius 3 is 2.92 bits per heavy atom. The van der Waals surface area contributed by atoms with E-state index in [2.05, 4.69) is 28.3 Å². The van der Waals surface area contributed by atoms with Gasteiger partial charge >= 0.3 is 6.03 Å². The van der Waals surface area contributed by atoms with Gasteiger partial charge in [0.25, 0.3) is 0 Å². The fraction of sp³-hybridized carbons (Fsp3) is 0.500. The van der Waals surface area contributed by atoms with E-state index >= 15 is 0 Å². The average molecular weight is 344 g/mol. The third-order valence-corrected chi connectivity index (χ3v) is 5.51. The van der Waals surface area contributed by atoms with Crippen LogP contribution in [0.1, 0.15) is 36.0 Å². The number of thiazole rings is 1. The van der Waals surface area contributed by atoms with Gasteiger partial charge in [0.05, 0.1) is 17.2 Å². The van der Waals surface area contributed by atoms with Gasteiger partial charge in [-0.2, -0.15) is 0 Å². The molecule has 1 N–H and O–H groups in total. The van der Waals surface area contributed by atoms with Crippen LogP contribution in [0.3, 0.4) is 0 Å². The summed E-state index contributed by atoms with van der Waals surface area (Å²) in [6.07, 6.45) is 7.86. The predicted octanol–water partition coefficient (Wildman–Crippen LogP) is 3.26. The minimum atomic E-state index is 0.0286. The Morgan fingerprint density at radius 1 is 1.42 bits per heavy atom. The third-order valence-electron chi connectivity index (χ3n) is 4.47. The van der Waals surface area contributed by atoms with Crippen molar-refractivity contribution in [3.63, 3.8) is 0 Å². The number of aryl methyl sites for hydroxylation is 1. The summed E-state index contributed by atoms with van der Waals surface area (Å²) < 4.78 is 0. The molecule has 0 aliphatic carbocycles. The number of nitrogens with zero attached hydrogens (tertiary/aromatic N) is 3. The Morgan fingerprint density at radius 2 is 2.25 bits per heavy atom. The molecule has 6 heteroatoms. The highest BCUT2D eigenvalue weighted by molar-refractivity contribution is 7.09. The van der Waals surface area contributed by atoms with Gasteiger partial charge in [-0.1, -0.05) is 13.0 Å². The lowest BCUT2D eigenvalue weighted by atomic mass is 9.91. The van der Waals surface area contributed by atoms with Gasteiger partial charge in [0.15, 0.2) is 0 Å². The lowest BCUT2D eigenvalue weighted by Gasteiger charge is -2.32. The second kappa shape index (κ2) is 8.24. The van der Waals surface area contributed by atoms with Crippen LogP contribution in [0, 0.1) is 5.92 Å². The van der Waals surface area contributed by atoms with Crippen LogP contribution in [0.25, 0.3) is 0 Å². The van der Waals surface area contributed by atoms with E-state index in [0.717, 1.165) is 49.5 Å². The molecule has 128 valence electrons. The van der Waals surface area contributed by atoms with Crippen LogP contribution in [0.5, 0.6) is 0 Å². The summed E-state index contributed by atoms with van der Waals surface area (Å²) in [5.41, 5.74) is 2.24. The maximum absolute atomic E-state index is 12.3. The molecule has 1 fully saturated rings. The number of rotatable bonds is 5. The monoisotopic (exact) mass is 344 g/mol. The molecule has 3 heterocycles. The molecule has 0 spiro atoms. The number of nitrogens with one attached hydrogen (secondary N) is 1. The maximum Gasteiger partial charge on any atom is 0.317 e. The van der Waals surface area contributed by atoms with Crippen molar-refractivity contribution >= 4 is 17.4 Å². The van der Waals surface area contributed by atoms with E-state index in [0.29, 0.717) is 12.5 Å². The molecule has 0 atom stereocenters. The molecule has 1 aliphatic rings. The first-order valence-corrected chi connectivity index (χ1v) is 9.47. The largest absolute Gasteiger partial charge is 0.332 e. The van der Waals surface area contributed by atoms with Gasteiger partial charge in [-0.3, -0.25) is 4.98 Å². The molecule has 1 saturated heterocycles. The molecule has 5 nitrogen and oxygen atoms in total. The zero-order valence-corrected chi connectivity index (χ0v) is 14.9. The zero-order valence-electron chi connectivity index (χ0n) is 14.1. The number of piperidine rings is 1. The molecule has 3 rings (SSSR count). The highest BCUT2D eigenvalue weighted by Gasteiger charge is 2.22. The molecule has 1 aliphatic heterocycles. The van der Waals surface area contributed by atoms with Crippen molar-refractivity contribution in [3.8, 4) is 0 Å². The zero-order chi connectivity index (χ0) is 16.8. The normalized spacial score (nSPS) is 15.5. The van der Waals surface area contributed by atoms with Gasteiger partial charge in [-0.15, -0.1) is 11.3 Å². The molecule has 24 heavy (non-hydrogen) atoms. The van der Waals surface area contributed by atoms with Crippen molar-refractivity contribution in [2.75, 3.05) is 13.1 Å². The van der Waals surface area contributed by atoms with Crippen LogP contribution in [0.4, 0.5) is 4.79 Å². The summed E-state index contributed by atoms with van der Waals surface area (Å²) in [4.78, 5) is 22.9. The van der Waals surface area contributed by atoms with Gasteiger partial charge < -0.3 is 10.2 Å². The van der Waals surface area contributed by atoms with Crippen LogP contribution >= 0.6 is 11.3 Å². The quantitative estimate of drug-likeness (QED) is 0.906. The van der Waals surface area contributed by atoms with Crippen LogP contribution < -0.4 is 5.32 Å². The van der Waals surface area contributed by atoms with E-state index < -0.39 is 0 Å². The highest BCUT2D eigenvalue weighted by atomic mass is 32.1. The van der Waals surface area contributed by atoms with Crippen LogP contribution in [-0.2, 0) is 19.4 Å². The molecule has 0 bridgehead atoms. The number of pyridine rings is 1. The van der Waals surface area contributed by atoms with Crippen molar-refractivity contribution < 1.29 is 4.79 Å². The minimum absolute atomic E-state index is 0.0286. The maximum atomic E-state index is 12.3. The first-order valence-electron chi connectivity index (χ1n) is 8.59. The van der Waals surface area contributed by atoms with E-state index in [1.54, 1.807) is 11.3 Å². The fourth-order valence-corrected chi connectivity index (χ4v) is 3.81. The molecular weight excluding hydrogens is 320 g/mol. The molecule has 0 unspecified atom stereocenters. The first kappa shape index (κ1) is 16.9. The highest BCUT2D eigenvalue weighted by Crippen LogP contribution is 2.21. The van der Waals surface area contributed by atoms with Gasteiger partial charge in [-0.05, 0) is 43.2 Å². The summed E-state index contributed by atoms with van der Waals surface area (Å²) in [6, 6.07) is 4.14. The number of hydrogen-bond acceptors (Lipinski definition) is 4. The first-order chi connectivity index (χ1) is 11.7. The Kier molecular flexibility index (Phi) is 5.80. The lowest BCUT2D eigenvalue weighted by Crippen LogP contribution is -2.44. The van der Waals surface area contributed by atoms with Crippen molar-refractivity contribution in [3.05, 3.63) is 46.2 Å². The molecule has 2 aromatic rings. The van der Waals surface area contributed by atoms with E-state index in [1.165, 1.54) is 5.56 Å². The number of amides is 2. The summed E-state index contributed by atoms with van der Waals surface area (Å²) in [6.45, 7) is 4.27. The second-order valence-electron chi connectivity index (χ2n) is 6.24. The van der Waals surface area contributed by atoms with E-state index in [1.807, 2.05) is 28.7 Å². The minimum Gasteiger partial charge on any atom is -0.332 e. The molecular formula is C18H24N4OS. The smallest absolute Gasteiger partial charge is 0.317 e. The number of carbonyl (C=O) groups excluding carboxylic acids is 1. The Labute approximate surface area is 147 Å². The number of carbonyl (C=O) groups is 1. The SMILES string of the molecule is CCc1nc(CNC(=O)N2CCC(Cc3cccnc3)CC2)cs1. The van der Waals surface area contributed by atoms with Crippen molar-refractivity contribution in [2.24, 2.45) is 5.92 Å².